The van der Waals surface area contributed by atoms with Crippen LogP contribution in [0.5, 0.6) is 0 Å². The molecule has 0 radical (unpaired) electrons. The van der Waals surface area contributed by atoms with E-state index in [1.165, 1.54) is 6.33 Å². The second-order valence-corrected chi connectivity index (χ2v) is 6.98. The molecule has 0 fully saturated rings. The number of aromatic nitrogens is 4. The van der Waals surface area contributed by atoms with E-state index in [4.69, 9.17) is 0 Å². The highest BCUT2D eigenvalue weighted by Crippen LogP contribution is 2.28. The van der Waals surface area contributed by atoms with Crippen molar-refractivity contribution in [1.82, 2.24) is 24.4 Å². The van der Waals surface area contributed by atoms with Crippen molar-refractivity contribution in [3.63, 3.8) is 0 Å². The molecule has 0 saturated heterocycles. The van der Waals surface area contributed by atoms with E-state index in [0.717, 1.165) is 24.1 Å². The van der Waals surface area contributed by atoms with Gasteiger partial charge in [0, 0.05) is 67.8 Å². The maximum Gasteiger partial charge on any atom is 0.256 e. The van der Waals surface area contributed by atoms with Gasteiger partial charge in [0.1, 0.15) is 6.33 Å². The maximum absolute atomic E-state index is 13.5. The van der Waals surface area contributed by atoms with Crippen LogP contribution in [-0.4, -0.2) is 37.4 Å². The number of fused-ring (bicyclic) bond motifs is 1. The van der Waals surface area contributed by atoms with Gasteiger partial charge >= 0.3 is 0 Å². The second kappa shape index (κ2) is 7.72. The minimum absolute atomic E-state index is 0.0833. The predicted molar refractivity (Wildman–Crippen MR) is 105 cm³/mol. The predicted octanol–water partition coefficient (Wildman–Crippen LogP) is 2.31. The molecule has 4 heterocycles. The van der Waals surface area contributed by atoms with Crippen LogP contribution in [0.4, 0.5) is 0 Å². The lowest BCUT2D eigenvalue weighted by Crippen LogP contribution is -2.34. The van der Waals surface area contributed by atoms with E-state index in [9.17, 15) is 9.59 Å². The number of carbonyl (C=O) groups excluding carboxylic acids is 1. The smallest absolute Gasteiger partial charge is 0.256 e. The number of hydrogen-bond donors (Lipinski definition) is 0. The van der Waals surface area contributed by atoms with Gasteiger partial charge in [-0.2, -0.15) is 0 Å². The highest BCUT2D eigenvalue weighted by atomic mass is 16.2. The Balaban J connectivity index is 1.82. The molecular formula is C21H21N5O2. The third kappa shape index (κ3) is 3.43. The highest BCUT2D eigenvalue weighted by molar-refractivity contribution is 6.01. The van der Waals surface area contributed by atoms with Crippen LogP contribution in [0.25, 0.3) is 11.1 Å². The summed E-state index contributed by atoms with van der Waals surface area (Å²) in [6.07, 6.45) is 10.8. The number of hydrogen-bond acceptors (Lipinski definition) is 5. The lowest BCUT2D eigenvalue weighted by atomic mass is 9.95. The van der Waals surface area contributed by atoms with Gasteiger partial charge in [0.25, 0.3) is 11.5 Å². The Kier molecular flexibility index (Phi) is 4.97. The number of pyridine rings is 2. The zero-order valence-electron chi connectivity index (χ0n) is 15.7. The van der Waals surface area contributed by atoms with Crippen molar-refractivity contribution in [3.05, 3.63) is 76.5 Å². The maximum atomic E-state index is 13.5. The van der Waals surface area contributed by atoms with Crippen LogP contribution in [0.1, 0.15) is 34.5 Å². The number of carbonyl (C=O) groups is 1. The summed E-state index contributed by atoms with van der Waals surface area (Å²) in [5.74, 6) is -0.117. The van der Waals surface area contributed by atoms with Gasteiger partial charge < -0.3 is 9.47 Å². The fraction of sp³-hybridized carbons (Fsp3) is 0.286. The third-order valence-electron chi connectivity index (χ3n) is 5.04. The van der Waals surface area contributed by atoms with Crippen molar-refractivity contribution in [2.45, 2.75) is 32.4 Å². The molecule has 0 bridgehead atoms. The van der Waals surface area contributed by atoms with E-state index in [2.05, 4.69) is 15.0 Å². The lowest BCUT2D eigenvalue weighted by molar-refractivity contribution is 0.0783. The first-order chi connectivity index (χ1) is 13.6. The number of amides is 1. The first-order valence-corrected chi connectivity index (χ1v) is 9.31. The summed E-state index contributed by atoms with van der Waals surface area (Å²) in [5, 5.41) is 0. The molecule has 1 amide bonds. The lowest BCUT2D eigenvalue weighted by Gasteiger charge is -2.26. The fourth-order valence-electron chi connectivity index (χ4n) is 3.70. The monoisotopic (exact) mass is 375 g/mol. The highest BCUT2D eigenvalue weighted by Gasteiger charge is 2.26. The Hall–Kier alpha value is -3.35. The van der Waals surface area contributed by atoms with Crippen molar-refractivity contribution < 1.29 is 4.79 Å². The van der Waals surface area contributed by atoms with Crippen molar-refractivity contribution in [2.75, 3.05) is 7.05 Å². The van der Waals surface area contributed by atoms with Gasteiger partial charge in [0.2, 0.25) is 0 Å². The molecule has 0 atom stereocenters. The number of nitrogens with zero attached hydrogens (tertiary/aromatic N) is 5. The van der Waals surface area contributed by atoms with Crippen molar-refractivity contribution in [2.24, 2.45) is 0 Å². The molecule has 0 N–H and O–H groups in total. The first kappa shape index (κ1) is 18.0. The van der Waals surface area contributed by atoms with Crippen LogP contribution < -0.4 is 5.56 Å². The van der Waals surface area contributed by atoms with Crippen LogP contribution in [0, 0.1) is 0 Å². The Labute approximate surface area is 162 Å². The summed E-state index contributed by atoms with van der Waals surface area (Å²) in [6.45, 7) is 1.09. The molecule has 0 spiro atoms. The normalized spacial score (nSPS) is 13.0. The van der Waals surface area contributed by atoms with Gasteiger partial charge in [-0.05, 0) is 30.9 Å². The molecule has 7 nitrogen and oxygen atoms in total. The SMILES string of the molecule is CN(Cc1cccnc1)C(=O)c1c(-c2cncnc2)cc(=O)n2c1CCCC2. The van der Waals surface area contributed by atoms with Gasteiger partial charge in [0.15, 0.2) is 0 Å². The summed E-state index contributed by atoms with van der Waals surface area (Å²) in [6, 6.07) is 5.33. The molecule has 4 rings (SSSR count). The molecular weight excluding hydrogens is 354 g/mol. The van der Waals surface area contributed by atoms with E-state index in [-0.39, 0.29) is 11.5 Å². The summed E-state index contributed by atoms with van der Waals surface area (Å²) in [5.41, 5.74) is 3.51. The van der Waals surface area contributed by atoms with Crippen molar-refractivity contribution >= 4 is 5.91 Å². The van der Waals surface area contributed by atoms with Gasteiger partial charge in [0.05, 0.1) is 5.56 Å². The summed E-state index contributed by atoms with van der Waals surface area (Å²) < 4.78 is 1.74. The van der Waals surface area contributed by atoms with Gasteiger partial charge in [-0.25, -0.2) is 9.97 Å². The molecule has 3 aromatic heterocycles. The number of rotatable bonds is 4. The summed E-state index contributed by atoms with van der Waals surface area (Å²) >= 11 is 0. The molecule has 7 heteroatoms. The molecule has 142 valence electrons. The van der Waals surface area contributed by atoms with Crippen LogP contribution in [0.3, 0.4) is 0 Å². The zero-order valence-corrected chi connectivity index (χ0v) is 15.7. The summed E-state index contributed by atoms with van der Waals surface area (Å²) in [4.78, 5) is 40.1. The third-order valence-corrected chi connectivity index (χ3v) is 5.04. The fourth-order valence-corrected chi connectivity index (χ4v) is 3.70. The van der Waals surface area contributed by atoms with Crippen LogP contribution in [0.2, 0.25) is 0 Å². The Bertz CT molecular complexity index is 1050. The Morgan fingerprint density at radius 3 is 2.75 bits per heavy atom. The largest absolute Gasteiger partial charge is 0.337 e. The van der Waals surface area contributed by atoms with E-state index in [1.807, 2.05) is 12.1 Å². The topological polar surface area (TPSA) is 81.0 Å². The molecule has 0 unspecified atom stereocenters. The molecule has 0 aliphatic carbocycles. The van der Waals surface area contributed by atoms with Crippen LogP contribution >= 0.6 is 0 Å². The van der Waals surface area contributed by atoms with Gasteiger partial charge in [-0.3, -0.25) is 14.6 Å². The minimum Gasteiger partial charge on any atom is -0.337 e. The van der Waals surface area contributed by atoms with Gasteiger partial charge in [-0.15, -0.1) is 0 Å². The minimum atomic E-state index is -0.117. The molecule has 0 aromatic carbocycles. The first-order valence-electron chi connectivity index (χ1n) is 9.31. The average Bonchev–Trinajstić information content (AvgIpc) is 2.74. The quantitative estimate of drug-likeness (QED) is 0.699. The van der Waals surface area contributed by atoms with Crippen molar-refractivity contribution in [3.8, 4) is 11.1 Å². The average molecular weight is 375 g/mol. The van der Waals surface area contributed by atoms with Crippen LogP contribution in [0.15, 0.2) is 54.1 Å². The van der Waals surface area contributed by atoms with Gasteiger partial charge in [-0.1, -0.05) is 6.07 Å². The molecule has 1 aliphatic rings. The van der Waals surface area contributed by atoms with E-state index in [1.54, 1.807) is 47.4 Å². The molecule has 0 saturated carbocycles. The molecule has 3 aromatic rings. The summed E-state index contributed by atoms with van der Waals surface area (Å²) in [7, 11) is 1.77. The molecule has 28 heavy (non-hydrogen) atoms. The standard InChI is InChI=1S/C21H21N5O2/c1-25(13-15-5-4-7-22-10-15)21(28)20-17(16-11-23-14-24-12-16)9-19(27)26-8-3-2-6-18(20)26/h4-5,7,9-12,14H,2-3,6,8,13H2,1H3. The second-order valence-electron chi connectivity index (χ2n) is 6.98. The zero-order chi connectivity index (χ0) is 19.5. The van der Waals surface area contributed by atoms with Crippen molar-refractivity contribution in [1.29, 1.82) is 0 Å². The van der Waals surface area contributed by atoms with E-state index < -0.39 is 0 Å². The Morgan fingerprint density at radius 2 is 2.00 bits per heavy atom. The molecule has 1 aliphatic heterocycles. The van der Waals surface area contributed by atoms with E-state index in [0.29, 0.717) is 36.2 Å². The van der Waals surface area contributed by atoms with E-state index >= 15 is 0 Å². The Morgan fingerprint density at radius 1 is 1.18 bits per heavy atom. The van der Waals surface area contributed by atoms with Crippen LogP contribution in [-0.2, 0) is 19.5 Å².